The van der Waals surface area contributed by atoms with Crippen LogP contribution in [0.5, 0.6) is 0 Å². The summed E-state index contributed by atoms with van der Waals surface area (Å²) in [6, 6.07) is 2.53. The van der Waals surface area contributed by atoms with E-state index in [1.54, 1.807) is 0 Å². The molecule has 2 N–H and O–H groups in total. The van der Waals surface area contributed by atoms with Crippen molar-refractivity contribution in [3.8, 4) is 0 Å². The third-order valence-corrected chi connectivity index (χ3v) is 2.27. The summed E-state index contributed by atoms with van der Waals surface area (Å²) >= 11 is 4.63. The number of benzene rings is 1. The Labute approximate surface area is 115 Å². The number of hydrogen-bond donors (Lipinski definition) is 0. The van der Waals surface area contributed by atoms with Crippen LogP contribution in [0.4, 0.5) is 17.6 Å². The maximum atomic E-state index is 12.7. The van der Waals surface area contributed by atoms with Gasteiger partial charge in [-0.2, -0.15) is 13.2 Å². The molecule has 0 aliphatic carbocycles. The summed E-state index contributed by atoms with van der Waals surface area (Å²) < 4.78 is 51.3. The monoisotopic (exact) mass is 434 g/mol. The van der Waals surface area contributed by atoms with Gasteiger partial charge in [0, 0.05) is 17.5 Å². The molecule has 1 aliphatic rings. The summed E-state index contributed by atoms with van der Waals surface area (Å²) in [6.45, 7) is 0. The maximum Gasteiger partial charge on any atom is 2.00 e. The zero-order valence-electron chi connectivity index (χ0n) is 8.16. The van der Waals surface area contributed by atoms with Crippen molar-refractivity contribution < 1.29 is 38.6 Å². The van der Waals surface area contributed by atoms with Crippen LogP contribution in [0.25, 0.3) is 11.8 Å². The van der Waals surface area contributed by atoms with E-state index in [0.29, 0.717) is 6.07 Å². The molecule has 0 saturated carbocycles. The minimum atomic E-state index is -4.57. The zero-order chi connectivity index (χ0) is 11.2. The van der Waals surface area contributed by atoms with Gasteiger partial charge >= 0.3 is 27.2 Å². The predicted molar refractivity (Wildman–Crippen MR) is 53.9 cm³/mol. The number of hydrogen-bond acceptors (Lipinski definition) is 2. The van der Waals surface area contributed by atoms with Crippen molar-refractivity contribution in [2.45, 2.75) is 6.18 Å². The second-order valence-corrected chi connectivity index (χ2v) is 3.42. The topological polar surface area (TPSA) is 36.5 Å². The normalized spacial score (nSPS) is 13.5. The molecule has 0 spiro atoms. The van der Waals surface area contributed by atoms with Crippen LogP contribution in [0.3, 0.4) is 0 Å². The van der Waals surface area contributed by atoms with Crippen LogP contribution in [-0.4, -0.2) is 4.31 Å². The second-order valence-electron chi connectivity index (χ2n) is 3.03. The first kappa shape index (κ1) is 16.5. The van der Waals surface area contributed by atoms with Crippen LogP contribution in [0, 0.1) is 5.82 Å². The van der Waals surface area contributed by atoms with Gasteiger partial charge in [-0.3, -0.25) is 0 Å². The van der Waals surface area contributed by atoms with Gasteiger partial charge in [-0.15, -0.1) is 0 Å². The van der Waals surface area contributed by atoms with Crippen LogP contribution in [0.15, 0.2) is 24.4 Å². The quantitative estimate of drug-likeness (QED) is 0.500. The molecule has 0 unspecified atom stereocenters. The molecule has 1 aliphatic heterocycles. The fraction of sp³-hybridized carbons (Fsp3) is 0.111. The van der Waals surface area contributed by atoms with Crippen LogP contribution < -0.4 is 0 Å². The van der Waals surface area contributed by atoms with Gasteiger partial charge in [-0.1, -0.05) is 0 Å². The molecular weight excluding hydrogens is 428 g/mol. The molecule has 0 aromatic heterocycles. The Kier molecular flexibility index (Phi) is 5.25. The summed E-state index contributed by atoms with van der Waals surface area (Å²) in [5.41, 5.74) is -0.794. The fourth-order valence-electron chi connectivity index (χ4n) is 1.24. The van der Waals surface area contributed by atoms with Crippen molar-refractivity contribution >= 4 is 18.5 Å². The molecule has 0 atom stereocenters. The van der Waals surface area contributed by atoms with E-state index in [1.165, 1.54) is 6.20 Å². The molecule has 0 fully saturated rings. The predicted octanol–water partition coefficient (Wildman–Crippen LogP) is 3.64. The second kappa shape index (κ2) is 5.41. The number of halogens is 4. The van der Waals surface area contributed by atoms with Gasteiger partial charge in [0.1, 0.15) is 5.82 Å². The van der Waals surface area contributed by atoms with E-state index in [-0.39, 0.29) is 38.5 Å². The van der Waals surface area contributed by atoms with Crippen LogP contribution in [0.2, 0.25) is 0 Å². The number of rotatable bonds is 1. The van der Waals surface area contributed by atoms with Gasteiger partial charge in [0.15, 0.2) is 0 Å². The Balaban J connectivity index is 0.00000128. The van der Waals surface area contributed by atoms with Crippen molar-refractivity contribution in [1.29, 1.82) is 0 Å². The first-order chi connectivity index (χ1) is 6.89. The van der Waals surface area contributed by atoms with Gasteiger partial charge in [0.2, 0.25) is 0 Å². The van der Waals surface area contributed by atoms with Crippen molar-refractivity contribution in [3.63, 3.8) is 0 Å². The molecule has 0 bridgehead atoms. The molecule has 2 rings (SSSR count). The standard InChI is InChI=1S/C9H4F4NS.H2N.W/c10-5-1-2-6(8-4-14(8)15)7(3-5)9(11,12)13;;/h1-4H;1H2;/q2*-1;+2. The average molecular weight is 434 g/mol. The summed E-state index contributed by atoms with van der Waals surface area (Å²) in [6.07, 6.45) is -3.20. The van der Waals surface area contributed by atoms with Crippen LogP contribution in [0.1, 0.15) is 11.1 Å². The van der Waals surface area contributed by atoms with E-state index < -0.39 is 17.6 Å². The van der Waals surface area contributed by atoms with Gasteiger partial charge < -0.3 is 23.3 Å². The van der Waals surface area contributed by atoms with Gasteiger partial charge in [0.05, 0.1) is 5.56 Å². The average Bonchev–Trinajstić information content (AvgIpc) is 2.81. The molecule has 2 nitrogen and oxygen atoms in total. The third kappa shape index (κ3) is 3.47. The van der Waals surface area contributed by atoms with Crippen LogP contribution in [-0.2, 0) is 40.1 Å². The van der Waals surface area contributed by atoms with E-state index in [9.17, 15) is 17.6 Å². The Bertz CT molecular complexity index is 447. The van der Waals surface area contributed by atoms with Crippen molar-refractivity contribution in [3.05, 3.63) is 47.5 Å². The summed E-state index contributed by atoms with van der Waals surface area (Å²) in [4.78, 5) is 0. The molecular formula is C9H6F4N2SW. The minimum absolute atomic E-state index is 0. The Morgan fingerprint density at radius 1 is 1.18 bits per heavy atom. The summed E-state index contributed by atoms with van der Waals surface area (Å²) in [5, 5.41) is 0. The van der Waals surface area contributed by atoms with Gasteiger partial charge in [-0.05, 0) is 18.2 Å². The zero-order valence-corrected chi connectivity index (χ0v) is 11.9. The van der Waals surface area contributed by atoms with Gasteiger partial charge in [0.25, 0.3) is 0 Å². The Morgan fingerprint density at radius 2 is 1.71 bits per heavy atom. The van der Waals surface area contributed by atoms with Crippen molar-refractivity contribution in [1.82, 2.24) is 4.31 Å². The summed E-state index contributed by atoms with van der Waals surface area (Å²) in [7, 11) is 0. The SMILES string of the molecule is Fc1ccc(C2=CN2[S-])c(C(F)(F)F)c1.[NH2-].[W+2]. The largest absolute Gasteiger partial charge is 2.00 e. The van der Waals surface area contributed by atoms with E-state index in [1.807, 2.05) is 0 Å². The first-order valence-corrected chi connectivity index (χ1v) is 4.31. The Morgan fingerprint density at radius 3 is 2.12 bits per heavy atom. The maximum absolute atomic E-state index is 12.7. The first-order valence-electron chi connectivity index (χ1n) is 3.95. The molecule has 1 aromatic carbocycles. The molecule has 8 heteroatoms. The van der Waals surface area contributed by atoms with E-state index >= 15 is 0 Å². The molecule has 1 aromatic rings. The minimum Gasteiger partial charge on any atom is -0.693 e. The third-order valence-electron chi connectivity index (χ3n) is 1.97. The molecule has 0 amide bonds. The van der Waals surface area contributed by atoms with Crippen molar-refractivity contribution in [2.24, 2.45) is 0 Å². The van der Waals surface area contributed by atoms with E-state index in [4.69, 9.17) is 0 Å². The number of nitrogens with two attached hydrogens (primary N) is 1. The molecule has 1 heterocycles. The van der Waals surface area contributed by atoms with E-state index in [2.05, 4.69) is 12.8 Å². The molecule has 0 radical (unpaired) electrons. The van der Waals surface area contributed by atoms with Gasteiger partial charge in [-0.25, -0.2) is 4.39 Å². The molecule has 92 valence electrons. The fourth-order valence-corrected chi connectivity index (χ4v) is 1.44. The summed E-state index contributed by atoms with van der Waals surface area (Å²) in [5.74, 6) is -0.914. The van der Waals surface area contributed by atoms with E-state index in [0.717, 1.165) is 16.4 Å². The smallest absolute Gasteiger partial charge is 0.693 e. The molecule has 17 heavy (non-hydrogen) atoms. The number of nitrogens with zero attached hydrogens (tertiary/aromatic N) is 1. The van der Waals surface area contributed by atoms with Crippen LogP contribution >= 0.6 is 0 Å². The number of alkyl halides is 3. The molecule has 0 saturated heterocycles. The van der Waals surface area contributed by atoms with Crippen molar-refractivity contribution in [2.75, 3.05) is 0 Å². The Hall–Kier alpha value is -0.522.